The smallest absolute Gasteiger partial charge is 0.0544 e. The lowest BCUT2D eigenvalue weighted by atomic mass is 10.1. The van der Waals surface area contributed by atoms with Gasteiger partial charge in [-0.25, -0.2) is 0 Å². The van der Waals surface area contributed by atoms with Crippen molar-refractivity contribution in [3.63, 3.8) is 0 Å². The number of hydrogen-bond acceptors (Lipinski definition) is 4. The highest BCUT2D eigenvalue weighted by Crippen LogP contribution is 2.17. The molecule has 2 aromatic heterocycles. The lowest BCUT2D eigenvalue weighted by Gasteiger charge is -2.22. The molecule has 0 aliphatic rings. The zero-order valence-corrected chi connectivity index (χ0v) is 14.6. The van der Waals surface area contributed by atoms with E-state index in [1.54, 1.807) is 0 Å². The number of nitrogens with zero attached hydrogens (tertiary/aromatic N) is 3. The summed E-state index contributed by atoms with van der Waals surface area (Å²) in [6.07, 6.45) is 4.66. The molecule has 2 heterocycles. The molecular formula is C21H24N4. The van der Waals surface area contributed by atoms with Gasteiger partial charge < -0.3 is 5.73 Å². The van der Waals surface area contributed by atoms with Crippen LogP contribution in [-0.2, 0) is 26.1 Å². The minimum atomic E-state index is 0.771. The molecule has 25 heavy (non-hydrogen) atoms. The first-order chi connectivity index (χ1) is 12.2. The average molecular weight is 332 g/mol. The maximum absolute atomic E-state index is 6.07. The Morgan fingerprint density at radius 3 is 1.92 bits per heavy atom. The summed E-state index contributed by atoms with van der Waals surface area (Å²) in [5.74, 6) is 0. The minimum absolute atomic E-state index is 0.771. The van der Waals surface area contributed by atoms with Crippen LogP contribution in [0, 0.1) is 0 Å². The quantitative estimate of drug-likeness (QED) is 0.668. The molecule has 4 heteroatoms. The lowest BCUT2D eigenvalue weighted by molar-refractivity contribution is 0.241. The molecule has 0 unspecified atom stereocenters. The predicted octanol–water partition coefficient (Wildman–Crippen LogP) is 3.82. The van der Waals surface area contributed by atoms with Gasteiger partial charge in [0.25, 0.3) is 0 Å². The second kappa shape index (κ2) is 8.40. The van der Waals surface area contributed by atoms with Gasteiger partial charge in [-0.1, -0.05) is 25.1 Å². The molecule has 0 bridgehead atoms. The molecule has 0 fully saturated rings. The summed E-state index contributed by atoms with van der Waals surface area (Å²) in [5.41, 5.74) is 11.5. The molecule has 0 saturated heterocycles. The second-order valence-electron chi connectivity index (χ2n) is 6.22. The van der Waals surface area contributed by atoms with Crippen molar-refractivity contribution >= 4 is 5.69 Å². The molecular weight excluding hydrogens is 308 g/mol. The third kappa shape index (κ3) is 5.13. The normalized spacial score (nSPS) is 11.0. The van der Waals surface area contributed by atoms with E-state index >= 15 is 0 Å². The van der Waals surface area contributed by atoms with Gasteiger partial charge >= 0.3 is 0 Å². The standard InChI is InChI=1S/C21H24N4/c1-2-17-11-18(13-19(22)12-17)14-25(15-20-7-3-5-9-23-20)16-21-8-4-6-10-24-21/h3-13H,2,14-16,22H2,1H3. The van der Waals surface area contributed by atoms with Crippen LogP contribution in [0.1, 0.15) is 29.4 Å². The Morgan fingerprint density at radius 2 is 1.40 bits per heavy atom. The molecule has 3 aromatic rings. The molecule has 0 atom stereocenters. The van der Waals surface area contributed by atoms with E-state index in [2.05, 4.69) is 46.1 Å². The fourth-order valence-electron chi connectivity index (χ4n) is 2.95. The van der Waals surface area contributed by atoms with Crippen molar-refractivity contribution in [2.24, 2.45) is 0 Å². The summed E-state index contributed by atoms with van der Waals surface area (Å²) in [4.78, 5) is 11.3. The first-order valence-corrected chi connectivity index (χ1v) is 8.63. The van der Waals surface area contributed by atoms with Crippen LogP contribution in [-0.4, -0.2) is 14.9 Å². The molecule has 1 aromatic carbocycles. The summed E-state index contributed by atoms with van der Waals surface area (Å²) in [6, 6.07) is 18.4. The molecule has 3 rings (SSSR count). The minimum Gasteiger partial charge on any atom is -0.399 e. The first kappa shape index (κ1) is 17.1. The molecule has 0 spiro atoms. The number of nitrogen functional groups attached to an aromatic ring is 1. The Hall–Kier alpha value is -2.72. The van der Waals surface area contributed by atoms with Crippen molar-refractivity contribution < 1.29 is 0 Å². The summed E-state index contributed by atoms with van der Waals surface area (Å²) < 4.78 is 0. The van der Waals surface area contributed by atoms with E-state index in [-0.39, 0.29) is 0 Å². The SMILES string of the molecule is CCc1cc(N)cc(CN(Cc2ccccn2)Cc2ccccn2)c1. The number of benzene rings is 1. The van der Waals surface area contributed by atoms with Crippen LogP contribution in [0.15, 0.2) is 67.0 Å². The number of rotatable bonds is 7. The molecule has 0 radical (unpaired) electrons. The number of aromatic nitrogens is 2. The van der Waals surface area contributed by atoms with Gasteiger partial charge in [0.2, 0.25) is 0 Å². The number of hydrogen-bond donors (Lipinski definition) is 1. The van der Waals surface area contributed by atoms with E-state index in [4.69, 9.17) is 5.73 Å². The molecule has 0 aliphatic heterocycles. The zero-order valence-electron chi connectivity index (χ0n) is 14.6. The second-order valence-corrected chi connectivity index (χ2v) is 6.22. The largest absolute Gasteiger partial charge is 0.399 e. The highest BCUT2D eigenvalue weighted by Gasteiger charge is 2.11. The Labute approximate surface area is 149 Å². The Bertz CT molecular complexity index is 746. The van der Waals surface area contributed by atoms with E-state index in [1.165, 1.54) is 11.1 Å². The van der Waals surface area contributed by atoms with Crippen molar-refractivity contribution in [1.29, 1.82) is 0 Å². The Kier molecular flexibility index (Phi) is 5.75. The highest BCUT2D eigenvalue weighted by molar-refractivity contribution is 5.44. The number of anilines is 1. The molecule has 0 aliphatic carbocycles. The number of nitrogens with two attached hydrogens (primary N) is 1. The van der Waals surface area contributed by atoms with Gasteiger partial charge in [-0.3, -0.25) is 14.9 Å². The van der Waals surface area contributed by atoms with E-state index in [0.29, 0.717) is 0 Å². The van der Waals surface area contributed by atoms with Crippen molar-refractivity contribution in [2.75, 3.05) is 5.73 Å². The third-order valence-corrected chi connectivity index (χ3v) is 4.11. The van der Waals surface area contributed by atoms with Crippen molar-refractivity contribution in [3.8, 4) is 0 Å². The molecule has 4 nitrogen and oxygen atoms in total. The van der Waals surface area contributed by atoms with Crippen LogP contribution in [0.4, 0.5) is 5.69 Å². The van der Waals surface area contributed by atoms with Gasteiger partial charge in [0, 0.05) is 37.7 Å². The summed E-state index contributed by atoms with van der Waals surface area (Å²) in [6.45, 7) is 4.50. The van der Waals surface area contributed by atoms with E-state index in [9.17, 15) is 0 Å². The predicted molar refractivity (Wildman–Crippen MR) is 102 cm³/mol. The maximum atomic E-state index is 6.07. The van der Waals surface area contributed by atoms with Gasteiger partial charge in [0.1, 0.15) is 0 Å². The Balaban J connectivity index is 1.81. The van der Waals surface area contributed by atoms with Gasteiger partial charge in [-0.05, 0) is 53.9 Å². The maximum Gasteiger partial charge on any atom is 0.0544 e. The molecule has 0 amide bonds. The van der Waals surface area contributed by atoms with Crippen LogP contribution in [0.2, 0.25) is 0 Å². The van der Waals surface area contributed by atoms with Gasteiger partial charge in [-0.2, -0.15) is 0 Å². The van der Waals surface area contributed by atoms with Crippen molar-refractivity contribution in [2.45, 2.75) is 33.0 Å². The van der Waals surface area contributed by atoms with Crippen LogP contribution < -0.4 is 5.73 Å². The topological polar surface area (TPSA) is 55.0 Å². The molecule has 0 saturated carbocycles. The third-order valence-electron chi connectivity index (χ3n) is 4.11. The highest BCUT2D eigenvalue weighted by atomic mass is 15.1. The molecule has 128 valence electrons. The number of aryl methyl sites for hydroxylation is 1. The van der Waals surface area contributed by atoms with Crippen LogP contribution >= 0.6 is 0 Å². The molecule has 2 N–H and O–H groups in total. The van der Waals surface area contributed by atoms with E-state index < -0.39 is 0 Å². The lowest BCUT2D eigenvalue weighted by Crippen LogP contribution is -2.23. The van der Waals surface area contributed by atoms with Gasteiger partial charge in [-0.15, -0.1) is 0 Å². The summed E-state index contributed by atoms with van der Waals surface area (Å²) >= 11 is 0. The van der Waals surface area contributed by atoms with Crippen LogP contribution in [0.25, 0.3) is 0 Å². The fourth-order valence-corrected chi connectivity index (χ4v) is 2.95. The number of pyridine rings is 2. The first-order valence-electron chi connectivity index (χ1n) is 8.63. The monoisotopic (exact) mass is 332 g/mol. The Morgan fingerprint density at radius 1 is 0.800 bits per heavy atom. The zero-order chi connectivity index (χ0) is 17.5. The summed E-state index contributed by atoms with van der Waals surface area (Å²) in [5, 5.41) is 0. The van der Waals surface area contributed by atoms with E-state index in [1.807, 2.05) is 42.7 Å². The van der Waals surface area contributed by atoms with E-state index in [0.717, 1.165) is 43.1 Å². The van der Waals surface area contributed by atoms with Gasteiger partial charge in [0.05, 0.1) is 11.4 Å². The van der Waals surface area contributed by atoms with Gasteiger partial charge in [0.15, 0.2) is 0 Å². The fraction of sp³-hybridized carbons (Fsp3) is 0.238. The van der Waals surface area contributed by atoms with Crippen LogP contribution in [0.3, 0.4) is 0 Å². The van der Waals surface area contributed by atoms with Crippen molar-refractivity contribution in [1.82, 2.24) is 14.9 Å². The van der Waals surface area contributed by atoms with Crippen LogP contribution in [0.5, 0.6) is 0 Å². The van der Waals surface area contributed by atoms with Crippen molar-refractivity contribution in [3.05, 3.63) is 89.5 Å². The average Bonchev–Trinajstić information content (AvgIpc) is 2.63. The summed E-state index contributed by atoms with van der Waals surface area (Å²) in [7, 11) is 0.